The van der Waals surface area contributed by atoms with E-state index < -0.39 is 58.8 Å². The number of ether oxygens (including phenoxy) is 3. The standard InChI is InChI=1S/C39H46N3O10PS.C8H19N.CCl4/c1-7-37(2,3)35(44)54-24-23-50-53(47)51-25-31-33(43)38(4,46)34(52-31)42-22-21-32(40-36(42)45)41-39(26-11-9-8-10-12-26,27-13-17-29(48-5)18-14-27)28-15-19-30(49-6)20-16-28;1-3-5-7-9-8-6-4-2;2-1(3,4)5/h8-22,31,33-34,43,46H,7,23-25H2,1-6H3;9H,3-8H2,1-2H3;/p+1/t31-,33+,34-,38?;;/m1../s1. The van der Waals surface area contributed by atoms with Gasteiger partial charge in [0.05, 0.1) is 14.2 Å². The van der Waals surface area contributed by atoms with Crippen molar-refractivity contribution >= 4 is 77.4 Å². The molecule has 1 aliphatic rings. The molecule has 4 N–H and O–H groups in total. The number of anilines is 1. The van der Waals surface area contributed by atoms with Crippen molar-refractivity contribution in [1.82, 2.24) is 14.9 Å². The molecule has 0 aliphatic carbocycles. The first-order chi connectivity index (χ1) is 32.2. The molecule has 0 bridgehead atoms. The van der Waals surface area contributed by atoms with E-state index in [1.165, 1.54) is 51.9 Å². The first-order valence-electron chi connectivity index (χ1n) is 22.3. The average Bonchev–Trinajstić information content (AvgIpc) is 3.54. The number of nitrogens with one attached hydrogen (secondary N) is 2. The largest absolute Gasteiger partial charge is 0.697 e. The van der Waals surface area contributed by atoms with Crippen LogP contribution in [0.1, 0.15) is 96.6 Å². The number of methoxy groups -OCH3 is 2. The third kappa shape index (κ3) is 18.0. The van der Waals surface area contributed by atoms with Crippen molar-refractivity contribution in [3.05, 3.63) is 118 Å². The van der Waals surface area contributed by atoms with Gasteiger partial charge in [-0.25, -0.2) is 4.79 Å². The molecule has 5 rings (SSSR count). The second kappa shape index (κ2) is 28.7. The van der Waals surface area contributed by atoms with E-state index in [1.807, 2.05) is 99.6 Å². The summed E-state index contributed by atoms with van der Waals surface area (Å²) < 4.78 is 39.2. The number of unbranched alkanes of at least 4 members (excludes halogenated alkanes) is 2. The van der Waals surface area contributed by atoms with Gasteiger partial charge in [0.1, 0.15) is 53.9 Å². The van der Waals surface area contributed by atoms with Gasteiger partial charge in [-0.15, -0.1) is 9.05 Å². The van der Waals surface area contributed by atoms with Crippen LogP contribution in [0.5, 0.6) is 11.5 Å². The first-order valence-corrected chi connectivity index (χ1v) is 25.9. The lowest BCUT2D eigenvalue weighted by atomic mass is 9.77. The van der Waals surface area contributed by atoms with Crippen molar-refractivity contribution in [1.29, 1.82) is 0 Å². The van der Waals surface area contributed by atoms with Crippen molar-refractivity contribution in [2.24, 2.45) is 5.41 Å². The molecule has 4 aromatic rings. The van der Waals surface area contributed by atoms with Gasteiger partial charge in [0, 0.05) is 21.9 Å². The summed E-state index contributed by atoms with van der Waals surface area (Å²) in [6.45, 7) is 13.5. The molecule has 0 spiro atoms. The molecule has 3 aromatic carbocycles. The fourth-order valence-electron chi connectivity index (χ4n) is 6.80. The molecule has 0 amide bonds. The van der Waals surface area contributed by atoms with E-state index in [0.717, 1.165) is 33.0 Å². The summed E-state index contributed by atoms with van der Waals surface area (Å²) >= 11 is 20.4. The zero-order valence-electron chi connectivity index (χ0n) is 39.9. The molecule has 1 fully saturated rings. The summed E-state index contributed by atoms with van der Waals surface area (Å²) in [4.78, 5) is 30.4. The van der Waals surface area contributed by atoms with Gasteiger partial charge in [-0.05, 0) is 86.3 Å². The quantitative estimate of drug-likeness (QED) is 0.0239. The molecular formula is C48H66Cl4N4O10PS+. The predicted molar refractivity (Wildman–Crippen MR) is 275 cm³/mol. The van der Waals surface area contributed by atoms with Gasteiger partial charge in [-0.2, -0.15) is 4.98 Å². The summed E-state index contributed by atoms with van der Waals surface area (Å²) in [7, 11) is 0.573. The lowest BCUT2D eigenvalue weighted by Crippen LogP contribution is -2.46. The summed E-state index contributed by atoms with van der Waals surface area (Å²) in [6, 6.07) is 26.5. The maximum Gasteiger partial charge on any atom is 0.697 e. The van der Waals surface area contributed by atoms with Gasteiger partial charge in [0.25, 0.3) is 3.25 Å². The number of hydrogen-bond acceptors (Lipinski definition) is 14. The number of hydrogen-bond donors (Lipinski definition) is 4. The predicted octanol–water partition coefficient (Wildman–Crippen LogP) is 10.8. The third-order valence-electron chi connectivity index (χ3n) is 11.1. The van der Waals surface area contributed by atoms with Crippen molar-refractivity contribution in [2.75, 3.05) is 51.6 Å². The van der Waals surface area contributed by atoms with Crippen LogP contribution in [0, 0.1) is 5.41 Å². The molecule has 5 atom stereocenters. The van der Waals surface area contributed by atoms with Crippen LogP contribution in [0.15, 0.2) is 95.9 Å². The SMILES string of the molecule is CCC(C)(C)C(=O)SCCO[P+](=O)OC[C@H]1O[C@@H](n2ccc(NC(c3ccccc3)(c3ccc(OC)cc3)c3ccc(OC)cc3)nc2=O)C(C)(O)[C@H]1O.CCCCNCCCC.ClC(Cl)(Cl)Cl. The minimum atomic E-state index is -2.62. The van der Waals surface area contributed by atoms with Crippen LogP contribution in [0.4, 0.5) is 5.82 Å². The van der Waals surface area contributed by atoms with E-state index >= 15 is 0 Å². The number of alkyl halides is 4. The number of carbonyl (C=O) groups is 1. The van der Waals surface area contributed by atoms with Crippen LogP contribution in [0.25, 0.3) is 0 Å². The van der Waals surface area contributed by atoms with E-state index in [4.69, 9.17) is 69.7 Å². The molecule has 1 aromatic heterocycles. The molecular weight excluding hydrogens is 997 g/mol. The van der Waals surface area contributed by atoms with Crippen molar-refractivity contribution in [2.45, 2.75) is 106 Å². The Labute approximate surface area is 426 Å². The Bertz CT molecular complexity index is 2130. The molecule has 68 heavy (non-hydrogen) atoms. The van der Waals surface area contributed by atoms with Crippen LogP contribution < -0.4 is 25.8 Å². The van der Waals surface area contributed by atoms with Gasteiger partial charge in [-0.1, -0.05) is 160 Å². The number of benzene rings is 3. The van der Waals surface area contributed by atoms with E-state index in [1.54, 1.807) is 20.3 Å². The first kappa shape index (κ1) is 59.3. The topological polar surface area (TPSA) is 180 Å². The summed E-state index contributed by atoms with van der Waals surface area (Å²) in [5.41, 5.74) is -1.74. The van der Waals surface area contributed by atoms with Crippen molar-refractivity contribution in [3.8, 4) is 11.5 Å². The van der Waals surface area contributed by atoms with Crippen LogP contribution in [-0.2, 0) is 28.7 Å². The Morgan fingerprint density at radius 1 is 0.868 bits per heavy atom. The van der Waals surface area contributed by atoms with E-state index in [9.17, 15) is 24.4 Å². The smallest absolute Gasteiger partial charge is 0.497 e. The van der Waals surface area contributed by atoms with E-state index in [2.05, 4.69) is 29.5 Å². The van der Waals surface area contributed by atoms with Gasteiger partial charge < -0.3 is 35.1 Å². The lowest BCUT2D eigenvalue weighted by Gasteiger charge is -2.37. The molecule has 0 saturated carbocycles. The maximum atomic E-state index is 13.7. The van der Waals surface area contributed by atoms with Gasteiger partial charge in [0.15, 0.2) is 11.3 Å². The number of aliphatic hydroxyl groups excluding tert-OH is 1. The fraction of sp³-hybridized carbons (Fsp3) is 0.521. The van der Waals surface area contributed by atoms with Crippen LogP contribution >= 0.6 is 66.4 Å². The Morgan fingerprint density at radius 3 is 1.85 bits per heavy atom. The maximum absolute atomic E-state index is 13.7. The second-order valence-electron chi connectivity index (χ2n) is 16.5. The lowest BCUT2D eigenvalue weighted by molar-refractivity contribution is -0.118. The molecule has 0 radical (unpaired) electrons. The van der Waals surface area contributed by atoms with E-state index in [-0.39, 0.29) is 17.5 Å². The number of nitrogens with zero attached hydrogens (tertiary/aromatic N) is 2. The third-order valence-corrected chi connectivity index (χ3v) is 13.1. The number of aromatic nitrogens is 2. The van der Waals surface area contributed by atoms with Crippen molar-refractivity contribution < 1.29 is 42.8 Å². The molecule has 376 valence electrons. The fourth-order valence-corrected chi connectivity index (χ4v) is 8.40. The van der Waals surface area contributed by atoms with Gasteiger partial charge in [-0.3, -0.25) is 9.36 Å². The van der Waals surface area contributed by atoms with E-state index in [0.29, 0.717) is 23.7 Å². The Balaban J connectivity index is 0.000000760. The highest BCUT2D eigenvalue weighted by atomic mass is 35.6. The average molecular weight is 1060 g/mol. The second-order valence-corrected chi connectivity index (χ2v) is 22.0. The van der Waals surface area contributed by atoms with Crippen molar-refractivity contribution in [3.63, 3.8) is 0 Å². The molecule has 2 unspecified atom stereocenters. The van der Waals surface area contributed by atoms with Crippen LogP contribution in [0.2, 0.25) is 0 Å². The summed E-state index contributed by atoms with van der Waals surface area (Å²) in [5.74, 6) is 1.85. The molecule has 1 saturated heterocycles. The summed E-state index contributed by atoms with van der Waals surface area (Å²) in [6.07, 6.45) is 3.34. The zero-order chi connectivity index (χ0) is 50.5. The monoisotopic (exact) mass is 1060 g/mol. The molecule has 1 aliphatic heterocycles. The number of thioether (sulfide) groups is 1. The molecule has 20 heteroatoms. The number of aliphatic hydroxyl groups is 2. The Kier molecular flexibility index (Phi) is 25.1. The number of rotatable bonds is 23. The highest BCUT2D eigenvalue weighted by Gasteiger charge is 2.54. The number of carbonyl (C=O) groups excluding carboxylic acids is 1. The van der Waals surface area contributed by atoms with Gasteiger partial charge in [0.2, 0.25) is 0 Å². The highest BCUT2D eigenvalue weighted by molar-refractivity contribution is 8.13. The van der Waals surface area contributed by atoms with Gasteiger partial charge >= 0.3 is 13.9 Å². The minimum Gasteiger partial charge on any atom is -0.497 e. The molecule has 14 nitrogen and oxygen atoms in total. The zero-order valence-corrected chi connectivity index (χ0v) is 44.6. The normalized spacial score (nSPS) is 18.4. The van der Waals surface area contributed by atoms with Crippen LogP contribution in [0.3, 0.4) is 0 Å². The summed E-state index contributed by atoms with van der Waals surface area (Å²) in [5, 5.41) is 29.3. The molecule has 2 heterocycles. The highest BCUT2D eigenvalue weighted by Crippen LogP contribution is 2.42. The number of halogens is 4. The van der Waals surface area contributed by atoms with Crippen LogP contribution in [-0.4, -0.2) is 92.2 Å². The minimum absolute atomic E-state index is 0.00373. The Hall–Kier alpha value is -3.02. The Morgan fingerprint density at radius 2 is 1.38 bits per heavy atom.